The van der Waals surface area contributed by atoms with Crippen LogP contribution in [0.25, 0.3) is 0 Å². The molecule has 0 spiro atoms. The zero-order valence-corrected chi connectivity index (χ0v) is 10.0. The Morgan fingerprint density at radius 1 is 1.31 bits per heavy atom. The summed E-state index contributed by atoms with van der Waals surface area (Å²) in [5.41, 5.74) is 6.50. The number of aliphatic hydroxyl groups excluding tert-OH is 1. The number of benzene rings is 1. The lowest BCUT2D eigenvalue weighted by Crippen LogP contribution is -2.13. The van der Waals surface area contributed by atoms with Gasteiger partial charge in [-0.15, -0.1) is 0 Å². The summed E-state index contributed by atoms with van der Waals surface area (Å²) in [6.07, 6.45) is 0.185. The average Bonchev–Trinajstić information content (AvgIpc) is 2.15. The Kier molecular flexibility index (Phi) is 3.70. The molecule has 0 aliphatic carbocycles. The average molecular weight is 221 g/mol. The van der Waals surface area contributed by atoms with E-state index in [2.05, 4.69) is 20.8 Å². The molecule has 1 rings (SSSR count). The molecule has 0 aliphatic heterocycles. The number of aliphatic hydroxyl groups is 1. The van der Waals surface area contributed by atoms with Crippen molar-refractivity contribution >= 4 is 5.91 Å². The normalized spacial score (nSPS) is 13.5. The van der Waals surface area contributed by atoms with Gasteiger partial charge in [-0.1, -0.05) is 32.9 Å². The van der Waals surface area contributed by atoms with Gasteiger partial charge in [-0.3, -0.25) is 4.79 Å². The van der Waals surface area contributed by atoms with E-state index in [0.29, 0.717) is 12.0 Å². The lowest BCUT2D eigenvalue weighted by molar-refractivity contribution is 0.0999. The maximum absolute atomic E-state index is 10.9. The highest BCUT2D eigenvalue weighted by atomic mass is 16.3. The van der Waals surface area contributed by atoms with Gasteiger partial charge in [-0.05, 0) is 29.5 Å². The lowest BCUT2D eigenvalue weighted by Gasteiger charge is -2.22. The first-order valence-electron chi connectivity index (χ1n) is 5.37. The number of primary amides is 1. The van der Waals surface area contributed by atoms with Gasteiger partial charge in [0.05, 0.1) is 6.10 Å². The Morgan fingerprint density at radius 2 is 1.81 bits per heavy atom. The summed E-state index contributed by atoms with van der Waals surface area (Å²) >= 11 is 0. The highest BCUT2D eigenvalue weighted by Gasteiger charge is 2.18. The Labute approximate surface area is 96.3 Å². The molecule has 0 fully saturated rings. The molecule has 0 heterocycles. The van der Waals surface area contributed by atoms with Crippen molar-refractivity contribution in [2.24, 2.45) is 11.1 Å². The van der Waals surface area contributed by atoms with Crippen LogP contribution in [0.5, 0.6) is 0 Å². The quantitative estimate of drug-likeness (QED) is 0.822. The topological polar surface area (TPSA) is 63.3 Å². The van der Waals surface area contributed by atoms with Crippen LogP contribution in [0.15, 0.2) is 24.3 Å². The number of amides is 1. The van der Waals surface area contributed by atoms with Crippen molar-refractivity contribution in [2.75, 3.05) is 0 Å². The van der Waals surface area contributed by atoms with E-state index in [1.165, 1.54) is 0 Å². The Morgan fingerprint density at radius 3 is 2.19 bits per heavy atom. The van der Waals surface area contributed by atoms with E-state index in [1.54, 1.807) is 24.3 Å². The Bertz CT molecular complexity index is 363. The molecular formula is C13H19NO2. The summed E-state index contributed by atoms with van der Waals surface area (Å²) in [5.74, 6) is -0.447. The molecular weight excluding hydrogens is 202 g/mol. The summed E-state index contributed by atoms with van der Waals surface area (Å²) in [4.78, 5) is 10.9. The van der Waals surface area contributed by atoms with Crippen molar-refractivity contribution in [1.29, 1.82) is 0 Å². The monoisotopic (exact) mass is 221 g/mol. The molecule has 0 bridgehead atoms. The first-order chi connectivity index (χ1) is 7.29. The third-order valence-corrected chi connectivity index (χ3v) is 2.39. The number of rotatable bonds is 3. The van der Waals surface area contributed by atoms with Gasteiger partial charge in [-0.25, -0.2) is 0 Å². The molecule has 88 valence electrons. The molecule has 0 aromatic heterocycles. The van der Waals surface area contributed by atoms with E-state index in [0.717, 1.165) is 5.56 Å². The van der Waals surface area contributed by atoms with E-state index in [4.69, 9.17) is 5.73 Å². The van der Waals surface area contributed by atoms with Crippen molar-refractivity contribution < 1.29 is 9.90 Å². The minimum absolute atomic E-state index is 0.0712. The summed E-state index contributed by atoms with van der Waals surface area (Å²) in [5, 5.41) is 9.97. The molecule has 3 heteroatoms. The predicted octanol–water partition coefficient (Wildman–Crippen LogP) is 2.26. The van der Waals surface area contributed by atoms with Crippen LogP contribution >= 0.6 is 0 Å². The fourth-order valence-electron chi connectivity index (χ4n) is 1.57. The molecule has 1 aromatic rings. The van der Waals surface area contributed by atoms with Gasteiger partial charge in [-0.2, -0.15) is 0 Å². The van der Waals surface area contributed by atoms with Crippen LogP contribution in [0, 0.1) is 5.41 Å². The predicted molar refractivity (Wildman–Crippen MR) is 64.0 cm³/mol. The molecule has 1 unspecified atom stereocenters. The summed E-state index contributed by atoms with van der Waals surface area (Å²) in [6, 6.07) is 6.78. The highest BCUT2D eigenvalue weighted by molar-refractivity contribution is 5.92. The molecule has 16 heavy (non-hydrogen) atoms. The summed E-state index contributed by atoms with van der Waals surface area (Å²) in [7, 11) is 0. The third-order valence-electron chi connectivity index (χ3n) is 2.39. The van der Waals surface area contributed by atoms with Crippen LogP contribution in [-0.2, 0) is 0 Å². The van der Waals surface area contributed by atoms with E-state index in [-0.39, 0.29) is 5.41 Å². The lowest BCUT2D eigenvalue weighted by atomic mass is 9.87. The van der Waals surface area contributed by atoms with Crippen LogP contribution in [0.3, 0.4) is 0 Å². The highest BCUT2D eigenvalue weighted by Crippen LogP contribution is 2.29. The number of nitrogens with two attached hydrogens (primary N) is 1. The van der Waals surface area contributed by atoms with Gasteiger partial charge in [0.1, 0.15) is 0 Å². The van der Waals surface area contributed by atoms with Crippen LogP contribution in [0.2, 0.25) is 0 Å². The second-order valence-corrected chi connectivity index (χ2v) is 5.27. The van der Waals surface area contributed by atoms with Gasteiger partial charge in [0.2, 0.25) is 5.91 Å². The van der Waals surface area contributed by atoms with Crippen LogP contribution in [-0.4, -0.2) is 11.0 Å². The maximum atomic E-state index is 10.9. The van der Waals surface area contributed by atoms with Crippen LogP contribution in [0.4, 0.5) is 0 Å². The molecule has 1 atom stereocenters. The largest absolute Gasteiger partial charge is 0.388 e. The molecule has 3 nitrogen and oxygen atoms in total. The van der Waals surface area contributed by atoms with Crippen molar-refractivity contribution in [2.45, 2.75) is 33.3 Å². The minimum Gasteiger partial charge on any atom is -0.388 e. The van der Waals surface area contributed by atoms with Crippen LogP contribution in [0.1, 0.15) is 49.2 Å². The van der Waals surface area contributed by atoms with Gasteiger partial charge >= 0.3 is 0 Å². The first-order valence-corrected chi connectivity index (χ1v) is 5.37. The molecule has 0 aliphatic rings. The third kappa shape index (κ3) is 3.66. The fraction of sp³-hybridized carbons (Fsp3) is 0.462. The number of hydrogen-bond acceptors (Lipinski definition) is 2. The number of carbonyl (C=O) groups is 1. The number of hydrogen-bond donors (Lipinski definition) is 2. The van der Waals surface area contributed by atoms with E-state index >= 15 is 0 Å². The molecule has 1 aromatic carbocycles. The van der Waals surface area contributed by atoms with Crippen molar-refractivity contribution in [3.05, 3.63) is 35.4 Å². The van der Waals surface area contributed by atoms with Gasteiger partial charge in [0.15, 0.2) is 0 Å². The zero-order valence-electron chi connectivity index (χ0n) is 10.0. The van der Waals surface area contributed by atoms with E-state index in [9.17, 15) is 9.90 Å². The van der Waals surface area contributed by atoms with Crippen molar-refractivity contribution in [3.8, 4) is 0 Å². The SMILES string of the molecule is CC(C)(C)CC(O)c1ccc(C(N)=O)cc1. The standard InChI is InChI=1S/C13H19NO2/c1-13(2,3)8-11(15)9-4-6-10(7-5-9)12(14)16/h4-7,11,15H,8H2,1-3H3,(H2,14,16). The number of carbonyl (C=O) groups excluding carboxylic acids is 1. The Hall–Kier alpha value is -1.35. The second kappa shape index (κ2) is 4.66. The van der Waals surface area contributed by atoms with E-state index in [1.807, 2.05) is 0 Å². The zero-order chi connectivity index (χ0) is 12.3. The van der Waals surface area contributed by atoms with Gasteiger partial charge in [0, 0.05) is 5.56 Å². The molecule has 0 radical (unpaired) electrons. The molecule has 0 saturated heterocycles. The smallest absolute Gasteiger partial charge is 0.248 e. The molecule has 3 N–H and O–H groups in total. The molecule has 1 amide bonds. The summed E-state index contributed by atoms with van der Waals surface area (Å²) in [6.45, 7) is 6.23. The minimum atomic E-state index is -0.498. The van der Waals surface area contributed by atoms with Crippen molar-refractivity contribution in [3.63, 3.8) is 0 Å². The summed E-state index contributed by atoms with van der Waals surface area (Å²) < 4.78 is 0. The van der Waals surface area contributed by atoms with E-state index < -0.39 is 12.0 Å². The molecule has 0 saturated carbocycles. The fourth-order valence-corrected chi connectivity index (χ4v) is 1.57. The maximum Gasteiger partial charge on any atom is 0.248 e. The first kappa shape index (κ1) is 12.7. The van der Waals surface area contributed by atoms with Crippen LogP contribution < -0.4 is 5.73 Å². The second-order valence-electron chi connectivity index (χ2n) is 5.27. The van der Waals surface area contributed by atoms with Crippen molar-refractivity contribution in [1.82, 2.24) is 0 Å². The Balaban J connectivity index is 2.78. The van der Waals surface area contributed by atoms with Gasteiger partial charge < -0.3 is 10.8 Å². The van der Waals surface area contributed by atoms with Gasteiger partial charge in [0.25, 0.3) is 0 Å².